The van der Waals surface area contributed by atoms with E-state index < -0.39 is 0 Å². The van der Waals surface area contributed by atoms with Crippen LogP contribution in [0.3, 0.4) is 0 Å². The fraction of sp³-hybridized carbons (Fsp3) is 0.538. The Labute approximate surface area is 109 Å². The molecule has 0 radical (unpaired) electrons. The van der Waals surface area contributed by atoms with Crippen molar-refractivity contribution in [2.75, 3.05) is 5.32 Å². The Morgan fingerprint density at radius 1 is 1.47 bits per heavy atom. The lowest BCUT2D eigenvalue weighted by atomic mass is 9.64. The molecule has 0 heterocycles. The summed E-state index contributed by atoms with van der Waals surface area (Å²) in [4.78, 5) is 0. The average molecular weight is 302 g/mol. The van der Waals surface area contributed by atoms with Gasteiger partial charge < -0.3 is 10.4 Å². The van der Waals surface area contributed by atoms with Gasteiger partial charge in [-0.2, -0.15) is 0 Å². The number of nitrogens with one attached hydrogen (secondary N) is 1. The maximum Gasteiger partial charge on any atom is 0.139 e. The smallest absolute Gasteiger partial charge is 0.139 e. The second-order valence-electron chi connectivity index (χ2n) is 5.35. The lowest BCUT2D eigenvalue weighted by Crippen LogP contribution is -2.57. The van der Waals surface area contributed by atoms with Gasteiger partial charge in [0.2, 0.25) is 0 Å². The third-order valence-corrected chi connectivity index (χ3v) is 4.42. The third-order valence-electron chi connectivity index (χ3n) is 3.81. The first-order chi connectivity index (χ1) is 7.82. The number of aliphatic hydroxyl groups is 1. The van der Waals surface area contributed by atoms with E-state index in [0.29, 0.717) is 10.9 Å². The monoisotopic (exact) mass is 301 g/mol. The van der Waals surface area contributed by atoms with Crippen LogP contribution in [0.1, 0.15) is 25.8 Å². The number of benzene rings is 1. The molecule has 0 saturated heterocycles. The van der Waals surface area contributed by atoms with Gasteiger partial charge in [-0.1, -0.05) is 13.8 Å². The van der Waals surface area contributed by atoms with Gasteiger partial charge in [0.1, 0.15) is 5.82 Å². The van der Waals surface area contributed by atoms with E-state index in [9.17, 15) is 9.50 Å². The van der Waals surface area contributed by atoms with Crippen LogP contribution < -0.4 is 5.32 Å². The highest BCUT2D eigenvalue weighted by Gasteiger charge is 2.47. The van der Waals surface area contributed by atoms with Crippen LogP contribution in [0.15, 0.2) is 16.6 Å². The number of halogens is 2. The largest absolute Gasteiger partial charge is 0.392 e. The van der Waals surface area contributed by atoms with Crippen LogP contribution in [0, 0.1) is 18.2 Å². The first kappa shape index (κ1) is 12.8. The lowest BCUT2D eigenvalue weighted by Gasteiger charge is -2.50. The zero-order valence-electron chi connectivity index (χ0n) is 10.2. The number of anilines is 1. The van der Waals surface area contributed by atoms with Crippen LogP contribution in [0.25, 0.3) is 0 Å². The molecule has 2 N–H and O–H groups in total. The Morgan fingerprint density at radius 3 is 2.65 bits per heavy atom. The number of rotatable bonds is 2. The molecule has 0 aliphatic heterocycles. The summed E-state index contributed by atoms with van der Waals surface area (Å²) in [6.07, 6.45) is 0.435. The Balaban J connectivity index is 2.18. The van der Waals surface area contributed by atoms with Gasteiger partial charge in [0, 0.05) is 17.1 Å². The summed E-state index contributed by atoms with van der Waals surface area (Å²) < 4.78 is 13.9. The molecule has 2 rings (SSSR count). The maximum absolute atomic E-state index is 13.5. The van der Waals surface area contributed by atoms with Gasteiger partial charge in [0.05, 0.1) is 10.6 Å². The van der Waals surface area contributed by atoms with E-state index in [-0.39, 0.29) is 23.4 Å². The summed E-state index contributed by atoms with van der Waals surface area (Å²) in [7, 11) is 0. The van der Waals surface area contributed by atoms with Crippen molar-refractivity contribution in [3.8, 4) is 0 Å². The van der Waals surface area contributed by atoms with Crippen molar-refractivity contribution in [1.82, 2.24) is 0 Å². The van der Waals surface area contributed by atoms with E-state index in [1.165, 1.54) is 6.07 Å². The van der Waals surface area contributed by atoms with Crippen molar-refractivity contribution in [3.05, 3.63) is 28.0 Å². The Kier molecular flexibility index (Phi) is 3.21. The van der Waals surface area contributed by atoms with Gasteiger partial charge in [-0.25, -0.2) is 4.39 Å². The zero-order valence-corrected chi connectivity index (χ0v) is 11.8. The van der Waals surface area contributed by atoms with Crippen molar-refractivity contribution in [3.63, 3.8) is 0 Å². The summed E-state index contributed by atoms with van der Waals surface area (Å²) in [6, 6.07) is 3.46. The van der Waals surface area contributed by atoms with Gasteiger partial charge in [0.25, 0.3) is 0 Å². The summed E-state index contributed by atoms with van der Waals surface area (Å²) in [5.41, 5.74) is 1.64. The van der Waals surface area contributed by atoms with Crippen molar-refractivity contribution in [2.45, 2.75) is 39.3 Å². The van der Waals surface area contributed by atoms with E-state index in [4.69, 9.17) is 0 Å². The number of hydrogen-bond donors (Lipinski definition) is 2. The molecule has 17 heavy (non-hydrogen) atoms. The molecule has 1 saturated carbocycles. The van der Waals surface area contributed by atoms with Crippen LogP contribution >= 0.6 is 15.9 Å². The molecule has 2 atom stereocenters. The quantitative estimate of drug-likeness (QED) is 0.877. The van der Waals surface area contributed by atoms with Crippen LogP contribution in [-0.2, 0) is 0 Å². The predicted molar refractivity (Wildman–Crippen MR) is 70.7 cm³/mol. The molecule has 0 bridgehead atoms. The normalized spacial score (nSPS) is 26.5. The van der Waals surface area contributed by atoms with E-state index in [0.717, 1.165) is 11.3 Å². The van der Waals surface area contributed by atoms with E-state index in [1.54, 1.807) is 6.07 Å². The molecule has 1 aliphatic carbocycles. The lowest BCUT2D eigenvalue weighted by molar-refractivity contribution is -0.0510. The molecule has 0 aromatic heterocycles. The summed E-state index contributed by atoms with van der Waals surface area (Å²) >= 11 is 3.17. The van der Waals surface area contributed by atoms with Crippen LogP contribution in [0.2, 0.25) is 0 Å². The van der Waals surface area contributed by atoms with Crippen molar-refractivity contribution < 1.29 is 9.50 Å². The number of aliphatic hydroxyl groups excluding tert-OH is 1. The highest BCUT2D eigenvalue weighted by atomic mass is 79.9. The van der Waals surface area contributed by atoms with Crippen LogP contribution in [0.5, 0.6) is 0 Å². The standard InChI is InChI=1S/C13H17BrFNO/c1-7-4-8(14)9(15)5-10(7)16-11-6-12(17)13(11,2)3/h4-5,11-12,16-17H,6H2,1-3H3. The predicted octanol–water partition coefficient (Wildman–Crippen LogP) is 3.47. The minimum atomic E-state index is -0.277. The second-order valence-corrected chi connectivity index (χ2v) is 6.21. The molecule has 0 spiro atoms. The number of hydrogen-bond acceptors (Lipinski definition) is 2. The van der Waals surface area contributed by atoms with Gasteiger partial charge >= 0.3 is 0 Å². The molecule has 1 aromatic carbocycles. The Morgan fingerprint density at radius 2 is 2.12 bits per heavy atom. The molecule has 4 heteroatoms. The van der Waals surface area contributed by atoms with Gasteiger partial charge in [0.15, 0.2) is 0 Å². The van der Waals surface area contributed by atoms with Crippen LogP contribution in [0.4, 0.5) is 10.1 Å². The maximum atomic E-state index is 13.5. The molecule has 1 aliphatic rings. The van der Waals surface area contributed by atoms with Crippen LogP contribution in [-0.4, -0.2) is 17.3 Å². The van der Waals surface area contributed by atoms with Crippen molar-refractivity contribution >= 4 is 21.6 Å². The highest BCUT2D eigenvalue weighted by molar-refractivity contribution is 9.10. The summed E-state index contributed by atoms with van der Waals surface area (Å²) in [6.45, 7) is 5.97. The molecular formula is C13H17BrFNO. The number of aryl methyl sites for hydroxylation is 1. The zero-order chi connectivity index (χ0) is 12.8. The average Bonchev–Trinajstić information content (AvgIpc) is 2.25. The fourth-order valence-electron chi connectivity index (χ4n) is 2.14. The molecular weight excluding hydrogens is 285 g/mol. The molecule has 1 aromatic rings. The van der Waals surface area contributed by atoms with E-state index in [1.807, 2.05) is 20.8 Å². The molecule has 1 fully saturated rings. The van der Waals surface area contributed by atoms with Gasteiger partial charge in [-0.15, -0.1) is 0 Å². The minimum absolute atomic E-state index is 0.157. The minimum Gasteiger partial charge on any atom is -0.392 e. The first-order valence-corrected chi connectivity index (χ1v) is 6.52. The first-order valence-electron chi connectivity index (χ1n) is 5.72. The summed E-state index contributed by atoms with van der Waals surface area (Å²) in [5.74, 6) is -0.268. The van der Waals surface area contributed by atoms with Gasteiger partial charge in [-0.3, -0.25) is 0 Å². The van der Waals surface area contributed by atoms with Crippen molar-refractivity contribution in [2.24, 2.45) is 5.41 Å². The summed E-state index contributed by atoms with van der Waals surface area (Å²) in [5, 5.41) is 13.0. The molecule has 2 unspecified atom stereocenters. The van der Waals surface area contributed by atoms with E-state index >= 15 is 0 Å². The SMILES string of the molecule is Cc1cc(Br)c(F)cc1NC1CC(O)C1(C)C. The Bertz CT molecular complexity index is 447. The fourth-order valence-corrected chi connectivity index (χ4v) is 2.59. The molecule has 0 amide bonds. The van der Waals surface area contributed by atoms with Crippen molar-refractivity contribution in [1.29, 1.82) is 0 Å². The van der Waals surface area contributed by atoms with Gasteiger partial charge in [-0.05, 0) is 47.0 Å². The molecule has 94 valence electrons. The third kappa shape index (κ3) is 2.20. The van der Waals surface area contributed by atoms with E-state index in [2.05, 4.69) is 21.2 Å². The second kappa shape index (κ2) is 4.25. The topological polar surface area (TPSA) is 32.3 Å². The Hall–Kier alpha value is -0.610. The molecule has 2 nitrogen and oxygen atoms in total. The highest BCUT2D eigenvalue weighted by Crippen LogP contribution is 2.42.